The fraction of sp³-hybridized carbons (Fsp3) is 0.474. The first-order chi connectivity index (χ1) is 12.3. The minimum atomic E-state index is -0.159. The van der Waals surface area contributed by atoms with Gasteiger partial charge in [0.15, 0.2) is 0 Å². The van der Waals surface area contributed by atoms with E-state index in [1.807, 2.05) is 30.5 Å². The van der Waals surface area contributed by atoms with Crippen LogP contribution >= 0.6 is 0 Å². The zero-order valence-electron chi connectivity index (χ0n) is 14.3. The van der Waals surface area contributed by atoms with E-state index in [0.29, 0.717) is 6.61 Å². The Balaban J connectivity index is 1.27. The largest absolute Gasteiger partial charge is 0.376 e. The Morgan fingerprint density at radius 2 is 2.24 bits per heavy atom. The van der Waals surface area contributed by atoms with E-state index in [-0.39, 0.29) is 12.1 Å². The third kappa shape index (κ3) is 4.39. The van der Waals surface area contributed by atoms with E-state index in [0.717, 1.165) is 43.0 Å². The molecule has 0 saturated heterocycles. The molecular formula is C19H24N4O2. The summed E-state index contributed by atoms with van der Waals surface area (Å²) >= 11 is 0. The lowest BCUT2D eigenvalue weighted by molar-refractivity contribution is 0.111. The fourth-order valence-corrected chi connectivity index (χ4v) is 3.26. The minimum absolute atomic E-state index is 0.148. The topological polar surface area (TPSA) is 79.0 Å². The number of aromatic nitrogens is 2. The van der Waals surface area contributed by atoms with Gasteiger partial charge >= 0.3 is 6.03 Å². The van der Waals surface area contributed by atoms with Crippen molar-refractivity contribution in [3.63, 3.8) is 0 Å². The van der Waals surface area contributed by atoms with Crippen molar-refractivity contribution in [3.05, 3.63) is 47.3 Å². The lowest BCUT2D eigenvalue weighted by Gasteiger charge is -2.23. The first-order valence-corrected chi connectivity index (χ1v) is 9.01. The van der Waals surface area contributed by atoms with Crippen LogP contribution < -0.4 is 10.6 Å². The Labute approximate surface area is 147 Å². The number of anilines is 1. The van der Waals surface area contributed by atoms with Crippen LogP contribution in [-0.2, 0) is 24.2 Å². The van der Waals surface area contributed by atoms with Gasteiger partial charge in [0.2, 0.25) is 0 Å². The first-order valence-electron chi connectivity index (χ1n) is 9.01. The number of rotatable bonds is 6. The summed E-state index contributed by atoms with van der Waals surface area (Å²) in [4.78, 5) is 12.3. The maximum absolute atomic E-state index is 12.3. The molecule has 1 atom stereocenters. The molecule has 0 unspecified atom stereocenters. The number of aryl methyl sites for hydroxylation is 1. The van der Waals surface area contributed by atoms with Gasteiger partial charge < -0.3 is 15.4 Å². The molecule has 3 N–H and O–H groups in total. The number of benzene rings is 1. The van der Waals surface area contributed by atoms with Crippen molar-refractivity contribution in [1.82, 2.24) is 15.5 Å². The van der Waals surface area contributed by atoms with Gasteiger partial charge in [0.25, 0.3) is 0 Å². The standard InChI is InChI=1S/C19H24N4O2/c24-19(22-17-6-7-18-15(9-17)10-20-23-18)21-16-3-1-2-14(8-16)12-25-11-13-4-5-13/h1-3,8,10,13,17H,4-7,9,11-12H2,(H,20,23)(H2,21,22,24)/t17-/m1/s1. The number of aromatic amines is 1. The van der Waals surface area contributed by atoms with Gasteiger partial charge in [-0.2, -0.15) is 5.10 Å². The molecule has 0 aliphatic heterocycles. The molecule has 1 aromatic carbocycles. The lowest BCUT2D eigenvalue weighted by Crippen LogP contribution is -2.41. The zero-order chi connectivity index (χ0) is 17.1. The van der Waals surface area contributed by atoms with Gasteiger partial charge in [0.1, 0.15) is 0 Å². The molecule has 6 heteroatoms. The van der Waals surface area contributed by atoms with Gasteiger partial charge in [-0.15, -0.1) is 0 Å². The summed E-state index contributed by atoms with van der Waals surface area (Å²) in [6, 6.07) is 7.84. The van der Waals surface area contributed by atoms with Gasteiger partial charge in [-0.1, -0.05) is 12.1 Å². The second-order valence-electron chi connectivity index (χ2n) is 7.07. The number of amides is 2. The van der Waals surface area contributed by atoms with E-state index in [9.17, 15) is 4.79 Å². The number of fused-ring (bicyclic) bond motifs is 1. The zero-order valence-corrected chi connectivity index (χ0v) is 14.3. The highest BCUT2D eigenvalue weighted by Crippen LogP contribution is 2.29. The maximum Gasteiger partial charge on any atom is 0.319 e. The second-order valence-corrected chi connectivity index (χ2v) is 7.07. The highest BCUT2D eigenvalue weighted by Gasteiger charge is 2.22. The number of hydrogen-bond acceptors (Lipinski definition) is 3. The third-order valence-corrected chi connectivity index (χ3v) is 4.86. The van der Waals surface area contributed by atoms with Crippen LogP contribution in [0.2, 0.25) is 0 Å². The highest BCUT2D eigenvalue weighted by molar-refractivity contribution is 5.89. The SMILES string of the molecule is O=C(Nc1cccc(COCC2CC2)c1)N[C@@H]1CCc2[nH]ncc2C1. The third-order valence-electron chi connectivity index (χ3n) is 4.86. The molecule has 1 saturated carbocycles. The predicted octanol–water partition coefficient (Wildman–Crippen LogP) is 3.02. The number of carbonyl (C=O) groups excluding carboxylic acids is 1. The molecule has 25 heavy (non-hydrogen) atoms. The van der Waals surface area contributed by atoms with E-state index in [1.165, 1.54) is 24.1 Å². The summed E-state index contributed by atoms with van der Waals surface area (Å²) in [5.41, 5.74) is 4.27. The molecule has 4 rings (SSSR count). The fourth-order valence-electron chi connectivity index (χ4n) is 3.26. The van der Waals surface area contributed by atoms with E-state index in [1.54, 1.807) is 0 Å². The lowest BCUT2D eigenvalue weighted by atomic mass is 9.94. The Bertz CT molecular complexity index is 739. The van der Waals surface area contributed by atoms with Crippen molar-refractivity contribution < 1.29 is 9.53 Å². The van der Waals surface area contributed by atoms with Crippen molar-refractivity contribution in [3.8, 4) is 0 Å². The van der Waals surface area contributed by atoms with Crippen LogP contribution in [0, 0.1) is 5.92 Å². The summed E-state index contributed by atoms with van der Waals surface area (Å²) < 4.78 is 5.71. The molecule has 2 aromatic rings. The minimum Gasteiger partial charge on any atom is -0.376 e. The summed E-state index contributed by atoms with van der Waals surface area (Å²) in [5, 5.41) is 13.1. The average Bonchev–Trinajstić information content (AvgIpc) is 3.30. The van der Waals surface area contributed by atoms with Crippen LogP contribution in [0.4, 0.5) is 10.5 Å². The molecule has 2 aliphatic rings. The average molecular weight is 340 g/mol. The normalized spacial score (nSPS) is 19.3. The highest BCUT2D eigenvalue weighted by atomic mass is 16.5. The van der Waals surface area contributed by atoms with Crippen molar-refractivity contribution in [2.75, 3.05) is 11.9 Å². The Kier molecular flexibility index (Phi) is 4.70. The van der Waals surface area contributed by atoms with Crippen LogP contribution in [-0.4, -0.2) is 28.9 Å². The smallest absolute Gasteiger partial charge is 0.319 e. The summed E-state index contributed by atoms with van der Waals surface area (Å²) in [6.45, 7) is 1.44. The number of urea groups is 1. The molecule has 1 aromatic heterocycles. The number of carbonyl (C=O) groups is 1. The summed E-state index contributed by atoms with van der Waals surface area (Å²) in [5.74, 6) is 0.762. The molecule has 0 bridgehead atoms. The monoisotopic (exact) mass is 340 g/mol. The summed E-state index contributed by atoms with van der Waals surface area (Å²) in [7, 11) is 0. The van der Waals surface area contributed by atoms with Gasteiger partial charge in [-0.05, 0) is 61.3 Å². The van der Waals surface area contributed by atoms with Crippen LogP contribution in [0.15, 0.2) is 30.5 Å². The molecule has 1 heterocycles. The van der Waals surface area contributed by atoms with Crippen LogP contribution in [0.25, 0.3) is 0 Å². The molecule has 132 valence electrons. The molecule has 0 spiro atoms. The first kappa shape index (κ1) is 16.1. The van der Waals surface area contributed by atoms with Crippen molar-refractivity contribution >= 4 is 11.7 Å². The molecule has 6 nitrogen and oxygen atoms in total. The van der Waals surface area contributed by atoms with Crippen molar-refractivity contribution in [2.24, 2.45) is 5.92 Å². The Morgan fingerprint density at radius 1 is 1.32 bits per heavy atom. The molecular weight excluding hydrogens is 316 g/mol. The van der Waals surface area contributed by atoms with Crippen LogP contribution in [0.5, 0.6) is 0 Å². The number of hydrogen-bond donors (Lipinski definition) is 3. The maximum atomic E-state index is 12.3. The van der Waals surface area contributed by atoms with E-state index < -0.39 is 0 Å². The molecule has 1 fully saturated rings. The van der Waals surface area contributed by atoms with Gasteiger partial charge in [0, 0.05) is 24.0 Å². The van der Waals surface area contributed by atoms with Crippen LogP contribution in [0.1, 0.15) is 36.1 Å². The van der Waals surface area contributed by atoms with Gasteiger partial charge in [0.05, 0.1) is 12.8 Å². The quantitative estimate of drug-likeness (QED) is 0.756. The van der Waals surface area contributed by atoms with E-state index >= 15 is 0 Å². The second kappa shape index (κ2) is 7.27. The molecule has 0 radical (unpaired) electrons. The van der Waals surface area contributed by atoms with E-state index in [2.05, 4.69) is 20.8 Å². The van der Waals surface area contributed by atoms with Crippen molar-refractivity contribution in [2.45, 2.75) is 44.8 Å². The predicted molar refractivity (Wildman–Crippen MR) is 95.4 cm³/mol. The number of nitrogens with zero attached hydrogens (tertiary/aromatic N) is 1. The van der Waals surface area contributed by atoms with Gasteiger partial charge in [-0.25, -0.2) is 4.79 Å². The van der Waals surface area contributed by atoms with E-state index in [4.69, 9.17) is 4.74 Å². The number of ether oxygens (including phenoxy) is 1. The van der Waals surface area contributed by atoms with Crippen molar-refractivity contribution in [1.29, 1.82) is 0 Å². The summed E-state index contributed by atoms with van der Waals surface area (Å²) in [6.07, 6.45) is 7.12. The van der Waals surface area contributed by atoms with Gasteiger partial charge in [-0.3, -0.25) is 5.10 Å². The number of nitrogens with one attached hydrogen (secondary N) is 3. The van der Waals surface area contributed by atoms with Crippen LogP contribution in [0.3, 0.4) is 0 Å². The Morgan fingerprint density at radius 3 is 3.12 bits per heavy atom. The molecule has 2 amide bonds. The number of H-pyrrole nitrogens is 1. The Hall–Kier alpha value is -2.34. The molecule has 2 aliphatic carbocycles.